The van der Waals surface area contributed by atoms with Crippen LogP contribution in [0.15, 0.2) is 18.2 Å². The third-order valence-electron chi connectivity index (χ3n) is 2.32. The van der Waals surface area contributed by atoms with E-state index in [2.05, 4.69) is 25.8 Å². The number of benzene rings is 1. The quantitative estimate of drug-likeness (QED) is 0.765. The Bertz CT molecular complexity index is 310. The Kier molecular flexibility index (Phi) is 4.24. The highest BCUT2D eigenvalue weighted by Crippen LogP contribution is 2.22. The normalized spacial score (nSPS) is 11.4. The van der Waals surface area contributed by atoms with E-state index in [1.54, 1.807) is 6.07 Å². The molecule has 14 heavy (non-hydrogen) atoms. The molecule has 0 fully saturated rings. The summed E-state index contributed by atoms with van der Waals surface area (Å²) in [6.07, 6.45) is 0. The van der Waals surface area contributed by atoms with Crippen molar-refractivity contribution in [3.05, 3.63) is 33.8 Å². The van der Waals surface area contributed by atoms with Gasteiger partial charge in [0, 0.05) is 22.6 Å². The molecule has 0 spiro atoms. The first-order valence-electron chi connectivity index (χ1n) is 4.65. The van der Waals surface area contributed by atoms with Crippen molar-refractivity contribution in [1.82, 2.24) is 4.90 Å². The van der Waals surface area contributed by atoms with Crippen LogP contribution in [0.3, 0.4) is 0 Å². The van der Waals surface area contributed by atoms with Crippen LogP contribution in [0.4, 0.5) is 0 Å². The van der Waals surface area contributed by atoms with Crippen LogP contribution < -0.4 is 0 Å². The van der Waals surface area contributed by atoms with Crippen molar-refractivity contribution < 1.29 is 0 Å². The van der Waals surface area contributed by atoms with Gasteiger partial charge in [-0.05, 0) is 38.6 Å². The average Bonchev–Trinajstić information content (AvgIpc) is 2.09. The lowest BCUT2D eigenvalue weighted by molar-refractivity contribution is 0.266. The maximum atomic E-state index is 6.07. The zero-order chi connectivity index (χ0) is 10.7. The number of hydrogen-bond acceptors (Lipinski definition) is 1. The Morgan fingerprint density at radius 1 is 1.29 bits per heavy atom. The van der Waals surface area contributed by atoms with E-state index in [4.69, 9.17) is 23.2 Å². The van der Waals surface area contributed by atoms with Crippen molar-refractivity contribution in [3.63, 3.8) is 0 Å². The van der Waals surface area contributed by atoms with Crippen molar-refractivity contribution in [2.24, 2.45) is 0 Å². The number of nitrogens with zero attached hydrogens (tertiary/aromatic N) is 1. The van der Waals surface area contributed by atoms with Gasteiger partial charge in [-0.25, -0.2) is 0 Å². The monoisotopic (exact) mass is 231 g/mol. The minimum Gasteiger partial charge on any atom is -0.300 e. The first kappa shape index (κ1) is 11.8. The SMILES string of the molecule is CC(C)N(C)Cc1ccc(Cl)cc1Cl. The summed E-state index contributed by atoms with van der Waals surface area (Å²) in [5.74, 6) is 0. The molecule has 0 aliphatic heterocycles. The van der Waals surface area contributed by atoms with Crippen molar-refractivity contribution in [2.75, 3.05) is 7.05 Å². The molecule has 1 aromatic carbocycles. The Morgan fingerprint density at radius 2 is 1.93 bits per heavy atom. The van der Waals surface area contributed by atoms with Crippen LogP contribution in [-0.4, -0.2) is 18.0 Å². The molecule has 3 heteroatoms. The molecular weight excluding hydrogens is 217 g/mol. The number of halogens is 2. The van der Waals surface area contributed by atoms with Crippen molar-refractivity contribution >= 4 is 23.2 Å². The molecule has 0 amide bonds. The van der Waals surface area contributed by atoms with E-state index in [0.29, 0.717) is 11.1 Å². The summed E-state index contributed by atoms with van der Waals surface area (Å²) in [7, 11) is 2.08. The second-order valence-corrected chi connectivity index (χ2v) is 4.59. The second kappa shape index (κ2) is 5.01. The molecular formula is C11H15Cl2N. The molecule has 0 aliphatic carbocycles. The Morgan fingerprint density at radius 3 is 2.43 bits per heavy atom. The first-order chi connectivity index (χ1) is 6.50. The fraction of sp³-hybridized carbons (Fsp3) is 0.455. The molecule has 78 valence electrons. The highest BCUT2D eigenvalue weighted by atomic mass is 35.5. The van der Waals surface area contributed by atoms with Crippen LogP contribution in [0.25, 0.3) is 0 Å². The van der Waals surface area contributed by atoms with Gasteiger partial charge < -0.3 is 0 Å². The smallest absolute Gasteiger partial charge is 0.0465 e. The van der Waals surface area contributed by atoms with E-state index in [-0.39, 0.29) is 0 Å². The maximum absolute atomic E-state index is 6.07. The minimum atomic E-state index is 0.516. The van der Waals surface area contributed by atoms with Crippen molar-refractivity contribution in [1.29, 1.82) is 0 Å². The van der Waals surface area contributed by atoms with Gasteiger partial charge in [-0.15, -0.1) is 0 Å². The maximum Gasteiger partial charge on any atom is 0.0465 e. The molecule has 0 bridgehead atoms. The molecule has 0 heterocycles. The molecule has 0 aromatic heterocycles. The second-order valence-electron chi connectivity index (χ2n) is 3.74. The molecule has 0 aliphatic rings. The average molecular weight is 232 g/mol. The Hall–Kier alpha value is -0.240. The molecule has 0 saturated heterocycles. The van der Waals surface area contributed by atoms with Gasteiger partial charge in [0.15, 0.2) is 0 Å². The fourth-order valence-corrected chi connectivity index (χ4v) is 1.57. The summed E-state index contributed by atoms with van der Waals surface area (Å²) in [5.41, 5.74) is 1.12. The largest absolute Gasteiger partial charge is 0.300 e. The van der Waals surface area contributed by atoms with E-state index in [1.165, 1.54) is 0 Å². The predicted octanol–water partition coefficient (Wildman–Crippen LogP) is 3.83. The summed E-state index contributed by atoms with van der Waals surface area (Å²) in [6.45, 7) is 5.17. The van der Waals surface area contributed by atoms with Crippen LogP contribution in [0.1, 0.15) is 19.4 Å². The van der Waals surface area contributed by atoms with Gasteiger partial charge in [-0.2, -0.15) is 0 Å². The Labute approximate surface area is 95.6 Å². The molecule has 0 saturated carbocycles. The highest BCUT2D eigenvalue weighted by molar-refractivity contribution is 6.35. The summed E-state index contributed by atoms with van der Waals surface area (Å²) in [4.78, 5) is 2.23. The lowest BCUT2D eigenvalue weighted by atomic mass is 10.2. The third-order valence-corrected chi connectivity index (χ3v) is 2.90. The van der Waals surface area contributed by atoms with Gasteiger partial charge in [0.1, 0.15) is 0 Å². The molecule has 0 atom stereocenters. The van der Waals surface area contributed by atoms with Crippen LogP contribution in [0.2, 0.25) is 10.0 Å². The topological polar surface area (TPSA) is 3.24 Å². The zero-order valence-electron chi connectivity index (χ0n) is 8.72. The van der Waals surface area contributed by atoms with Crippen molar-refractivity contribution in [2.45, 2.75) is 26.4 Å². The molecule has 0 N–H and O–H groups in total. The Balaban J connectivity index is 2.77. The van der Waals surface area contributed by atoms with E-state index < -0.39 is 0 Å². The lowest BCUT2D eigenvalue weighted by Gasteiger charge is -2.21. The predicted molar refractivity (Wildman–Crippen MR) is 63.1 cm³/mol. The van der Waals surface area contributed by atoms with E-state index in [0.717, 1.165) is 17.1 Å². The molecule has 1 nitrogen and oxygen atoms in total. The highest BCUT2D eigenvalue weighted by Gasteiger charge is 2.07. The standard InChI is InChI=1S/C11H15Cl2N/c1-8(2)14(3)7-9-4-5-10(12)6-11(9)13/h4-6,8H,7H2,1-3H3. The molecule has 0 unspecified atom stereocenters. The summed E-state index contributed by atoms with van der Waals surface area (Å²) in [5, 5.41) is 1.43. The number of hydrogen-bond donors (Lipinski definition) is 0. The molecule has 1 rings (SSSR count). The molecule has 1 aromatic rings. The fourth-order valence-electron chi connectivity index (χ4n) is 1.10. The van der Waals surface area contributed by atoms with Crippen LogP contribution in [0.5, 0.6) is 0 Å². The molecule has 0 radical (unpaired) electrons. The van der Waals surface area contributed by atoms with E-state index in [1.807, 2.05) is 12.1 Å². The minimum absolute atomic E-state index is 0.516. The first-order valence-corrected chi connectivity index (χ1v) is 5.40. The summed E-state index contributed by atoms with van der Waals surface area (Å²) < 4.78 is 0. The van der Waals surface area contributed by atoms with Gasteiger partial charge in [-0.3, -0.25) is 4.90 Å². The third kappa shape index (κ3) is 3.16. The number of rotatable bonds is 3. The van der Waals surface area contributed by atoms with E-state index >= 15 is 0 Å². The lowest BCUT2D eigenvalue weighted by Crippen LogP contribution is -2.25. The zero-order valence-corrected chi connectivity index (χ0v) is 10.2. The van der Waals surface area contributed by atoms with Crippen molar-refractivity contribution in [3.8, 4) is 0 Å². The van der Waals surface area contributed by atoms with Crippen LogP contribution >= 0.6 is 23.2 Å². The van der Waals surface area contributed by atoms with Crippen LogP contribution in [0, 0.1) is 0 Å². The van der Waals surface area contributed by atoms with Crippen LogP contribution in [-0.2, 0) is 6.54 Å². The van der Waals surface area contributed by atoms with Gasteiger partial charge in [0.25, 0.3) is 0 Å². The summed E-state index contributed by atoms with van der Waals surface area (Å²) >= 11 is 11.9. The van der Waals surface area contributed by atoms with Gasteiger partial charge in [0.05, 0.1) is 0 Å². The van der Waals surface area contributed by atoms with E-state index in [9.17, 15) is 0 Å². The summed E-state index contributed by atoms with van der Waals surface area (Å²) in [6, 6.07) is 6.15. The van der Waals surface area contributed by atoms with Gasteiger partial charge in [-0.1, -0.05) is 29.3 Å². The van der Waals surface area contributed by atoms with Gasteiger partial charge >= 0.3 is 0 Å². The van der Waals surface area contributed by atoms with Gasteiger partial charge in [0.2, 0.25) is 0 Å².